The van der Waals surface area contributed by atoms with Crippen molar-refractivity contribution in [3.05, 3.63) is 12.2 Å². The van der Waals surface area contributed by atoms with Gasteiger partial charge in [-0.3, -0.25) is 4.99 Å². The Morgan fingerprint density at radius 3 is 3.11 bits per heavy atom. The molecule has 7 heteroatoms. The number of nitrogens with two attached hydrogens (primary N) is 1. The number of rotatable bonds is 4. The van der Waals surface area contributed by atoms with Crippen molar-refractivity contribution in [1.29, 1.82) is 0 Å². The molecule has 1 aliphatic rings. The zero-order chi connectivity index (χ0) is 13.7. The van der Waals surface area contributed by atoms with Crippen LogP contribution in [0.5, 0.6) is 0 Å². The van der Waals surface area contributed by atoms with Gasteiger partial charge >= 0.3 is 0 Å². The number of nitrogen functional groups attached to an aromatic ring is 1. The van der Waals surface area contributed by atoms with E-state index in [1.165, 1.54) is 11.3 Å². The Morgan fingerprint density at radius 1 is 1.63 bits per heavy atom. The van der Waals surface area contributed by atoms with E-state index in [-0.39, 0.29) is 0 Å². The molecule has 2 heterocycles. The fourth-order valence-electron chi connectivity index (χ4n) is 2.10. The number of anilines is 2. The normalized spacial score (nSPS) is 20.4. The van der Waals surface area contributed by atoms with Gasteiger partial charge in [0.1, 0.15) is 5.84 Å². The Bertz CT molecular complexity index is 467. The Morgan fingerprint density at radius 2 is 2.47 bits per heavy atom. The molecule has 1 fully saturated rings. The Labute approximate surface area is 117 Å². The highest BCUT2D eigenvalue weighted by Crippen LogP contribution is 2.21. The lowest BCUT2D eigenvalue weighted by Crippen LogP contribution is -2.30. The first-order chi connectivity index (χ1) is 9.22. The van der Waals surface area contributed by atoms with Crippen LogP contribution in [0.25, 0.3) is 0 Å². The molecule has 0 aliphatic carbocycles. The van der Waals surface area contributed by atoms with Gasteiger partial charge in [0.15, 0.2) is 0 Å². The van der Waals surface area contributed by atoms with Gasteiger partial charge in [-0.2, -0.15) is 0 Å². The van der Waals surface area contributed by atoms with Crippen molar-refractivity contribution in [2.45, 2.75) is 25.8 Å². The van der Waals surface area contributed by atoms with Crippen molar-refractivity contribution < 1.29 is 0 Å². The molecule has 1 unspecified atom stereocenters. The molecule has 104 valence electrons. The van der Waals surface area contributed by atoms with Gasteiger partial charge in [-0.15, -0.1) is 10.2 Å². The minimum atomic E-state index is 0.374. The summed E-state index contributed by atoms with van der Waals surface area (Å²) in [6.07, 6.45) is 6.32. The summed E-state index contributed by atoms with van der Waals surface area (Å²) in [4.78, 5) is 6.62. The fraction of sp³-hybridized carbons (Fsp3) is 0.583. The Balaban J connectivity index is 1.90. The van der Waals surface area contributed by atoms with Gasteiger partial charge in [-0.05, 0) is 18.9 Å². The molecule has 0 saturated carbocycles. The number of nitrogens with one attached hydrogen (secondary N) is 1. The summed E-state index contributed by atoms with van der Waals surface area (Å²) in [6.45, 7) is 4.06. The van der Waals surface area contributed by atoms with Gasteiger partial charge in [-0.25, -0.2) is 0 Å². The molecule has 1 aromatic heterocycles. The van der Waals surface area contributed by atoms with E-state index >= 15 is 0 Å². The van der Waals surface area contributed by atoms with Gasteiger partial charge < -0.3 is 16.0 Å². The third-order valence-electron chi connectivity index (χ3n) is 3.01. The number of aliphatic imine (C=N–C) groups is 1. The number of hydrogen-bond acceptors (Lipinski definition) is 6. The van der Waals surface area contributed by atoms with E-state index in [1.54, 1.807) is 0 Å². The van der Waals surface area contributed by atoms with Crippen molar-refractivity contribution in [2.75, 3.05) is 31.2 Å². The lowest BCUT2D eigenvalue weighted by molar-refractivity contribution is 0.515. The number of likely N-dealkylation sites (tertiary alicyclic amines) is 1. The van der Waals surface area contributed by atoms with Crippen LogP contribution in [0.15, 0.2) is 17.1 Å². The molecule has 2 rings (SSSR count). The van der Waals surface area contributed by atoms with Gasteiger partial charge in [0, 0.05) is 26.2 Å². The van der Waals surface area contributed by atoms with E-state index in [4.69, 9.17) is 5.73 Å². The summed E-state index contributed by atoms with van der Waals surface area (Å²) in [5.41, 5.74) is 5.57. The predicted molar refractivity (Wildman–Crippen MR) is 80.7 cm³/mol. The van der Waals surface area contributed by atoms with E-state index in [0.29, 0.717) is 11.2 Å². The van der Waals surface area contributed by atoms with Crippen molar-refractivity contribution in [3.63, 3.8) is 0 Å². The third-order valence-corrected chi connectivity index (χ3v) is 3.70. The van der Waals surface area contributed by atoms with Crippen LogP contribution in [-0.2, 0) is 0 Å². The molecule has 1 aromatic rings. The molecular formula is C12H20N6S. The lowest BCUT2D eigenvalue weighted by atomic mass is 10.3. The minimum absolute atomic E-state index is 0.374. The highest BCUT2D eigenvalue weighted by atomic mass is 32.1. The molecule has 3 N–H and O–H groups in total. The average Bonchev–Trinajstić information content (AvgIpc) is 3.01. The highest BCUT2D eigenvalue weighted by molar-refractivity contribution is 7.18. The van der Waals surface area contributed by atoms with Gasteiger partial charge in [0.25, 0.3) is 0 Å². The number of amidine groups is 1. The monoisotopic (exact) mass is 280 g/mol. The van der Waals surface area contributed by atoms with Crippen LogP contribution < -0.4 is 11.1 Å². The van der Waals surface area contributed by atoms with Crippen molar-refractivity contribution >= 4 is 27.4 Å². The van der Waals surface area contributed by atoms with Crippen molar-refractivity contribution in [3.8, 4) is 0 Å². The maximum absolute atomic E-state index is 5.57. The molecule has 0 amide bonds. The first kappa shape index (κ1) is 13.8. The molecule has 0 spiro atoms. The number of hydrogen-bond donors (Lipinski definition) is 2. The zero-order valence-electron chi connectivity index (χ0n) is 11.3. The SMILES string of the molecule is CC/C=C\C(=NC)N1CCC(Nc2nnc(N)s2)C1. The molecule has 19 heavy (non-hydrogen) atoms. The minimum Gasteiger partial charge on any atom is -0.374 e. The lowest BCUT2D eigenvalue weighted by Gasteiger charge is -2.18. The van der Waals surface area contributed by atoms with Crippen LogP contribution in [0.4, 0.5) is 10.3 Å². The topological polar surface area (TPSA) is 79.4 Å². The van der Waals surface area contributed by atoms with Crippen LogP contribution in [-0.4, -0.2) is 47.1 Å². The fourth-order valence-corrected chi connectivity index (χ4v) is 2.69. The largest absolute Gasteiger partial charge is 0.374 e. The summed E-state index contributed by atoms with van der Waals surface area (Å²) in [5, 5.41) is 12.5. The van der Waals surface area contributed by atoms with Crippen LogP contribution in [0.1, 0.15) is 19.8 Å². The van der Waals surface area contributed by atoms with Crippen LogP contribution in [0.3, 0.4) is 0 Å². The van der Waals surface area contributed by atoms with Crippen molar-refractivity contribution in [1.82, 2.24) is 15.1 Å². The quantitative estimate of drug-likeness (QED) is 0.647. The van der Waals surface area contributed by atoms with Crippen LogP contribution in [0.2, 0.25) is 0 Å². The maximum Gasteiger partial charge on any atom is 0.207 e. The molecule has 0 radical (unpaired) electrons. The third kappa shape index (κ3) is 3.66. The standard InChI is InChI=1S/C12H20N6S/c1-3-4-5-10(14-2)18-7-6-9(8-18)15-12-17-16-11(13)19-12/h4-5,9H,3,6-8H2,1-2H3,(H2,13,16)(H,15,17)/b5-4-,14-10?. The van der Waals surface area contributed by atoms with Crippen LogP contribution >= 0.6 is 11.3 Å². The smallest absolute Gasteiger partial charge is 0.207 e. The molecule has 6 nitrogen and oxygen atoms in total. The highest BCUT2D eigenvalue weighted by Gasteiger charge is 2.24. The first-order valence-corrected chi connectivity index (χ1v) is 7.28. The number of aromatic nitrogens is 2. The van der Waals surface area contributed by atoms with Crippen molar-refractivity contribution in [2.24, 2.45) is 4.99 Å². The maximum atomic E-state index is 5.57. The van der Waals surface area contributed by atoms with E-state index in [9.17, 15) is 0 Å². The zero-order valence-corrected chi connectivity index (χ0v) is 12.2. The second-order valence-electron chi connectivity index (χ2n) is 4.41. The summed E-state index contributed by atoms with van der Waals surface area (Å²) >= 11 is 1.39. The van der Waals surface area contributed by atoms with Gasteiger partial charge in [-0.1, -0.05) is 24.3 Å². The summed E-state index contributed by atoms with van der Waals surface area (Å²) in [5.74, 6) is 1.04. The van der Waals surface area contributed by atoms with E-state index < -0.39 is 0 Å². The van der Waals surface area contributed by atoms with Gasteiger partial charge in [0.05, 0.1) is 0 Å². The van der Waals surface area contributed by atoms with Crippen LogP contribution in [0, 0.1) is 0 Å². The molecular weight excluding hydrogens is 260 g/mol. The Hall–Kier alpha value is -1.63. The number of allylic oxidation sites excluding steroid dienone is 1. The number of nitrogens with zero attached hydrogens (tertiary/aromatic N) is 4. The van der Waals surface area contributed by atoms with E-state index in [2.05, 4.69) is 44.5 Å². The molecule has 1 aliphatic heterocycles. The Kier molecular flexibility index (Phi) is 4.73. The second kappa shape index (κ2) is 6.51. The predicted octanol–water partition coefficient (Wildman–Crippen LogP) is 1.60. The average molecular weight is 280 g/mol. The van der Waals surface area contributed by atoms with E-state index in [0.717, 1.165) is 36.9 Å². The summed E-state index contributed by atoms with van der Waals surface area (Å²) < 4.78 is 0. The summed E-state index contributed by atoms with van der Waals surface area (Å²) in [7, 11) is 1.83. The second-order valence-corrected chi connectivity index (χ2v) is 5.42. The van der Waals surface area contributed by atoms with Gasteiger partial charge in [0.2, 0.25) is 10.3 Å². The molecule has 1 atom stereocenters. The molecule has 1 saturated heterocycles. The molecule has 0 bridgehead atoms. The first-order valence-electron chi connectivity index (χ1n) is 6.46. The molecule has 0 aromatic carbocycles. The summed E-state index contributed by atoms with van der Waals surface area (Å²) in [6, 6.07) is 0.374. The van der Waals surface area contributed by atoms with E-state index in [1.807, 2.05) is 7.05 Å².